The number of nitrogens with zero attached hydrogens (tertiary/aromatic N) is 2. The Morgan fingerprint density at radius 2 is 1.68 bits per heavy atom. The maximum absolute atomic E-state index is 14.2. The Labute approximate surface area is 244 Å². The maximum atomic E-state index is 14.2. The first-order valence-corrected chi connectivity index (χ1v) is 15.4. The van der Waals surface area contributed by atoms with Crippen molar-refractivity contribution in [2.24, 2.45) is 0 Å². The van der Waals surface area contributed by atoms with Crippen LogP contribution in [-0.2, 0) is 26.2 Å². The Morgan fingerprint density at radius 1 is 0.951 bits per heavy atom. The number of carbonyl (C=O) groups is 2. The second-order valence-electron chi connectivity index (χ2n) is 10.1. The highest BCUT2D eigenvalue weighted by atomic mass is 32.2. The Kier molecular flexibility index (Phi) is 11.3. The van der Waals surface area contributed by atoms with Crippen molar-refractivity contribution in [3.05, 3.63) is 89.5 Å². The fraction of sp³-hybridized carbons (Fsp3) is 0.375. The van der Waals surface area contributed by atoms with Crippen LogP contribution in [-0.4, -0.2) is 51.4 Å². The summed E-state index contributed by atoms with van der Waals surface area (Å²) in [7, 11) is -2.55. The van der Waals surface area contributed by atoms with Crippen LogP contribution in [0.3, 0.4) is 0 Å². The van der Waals surface area contributed by atoms with Crippen LogP contribution < -0.4 is 14.4 Å². The van der Waals surface area contributed by atoms with E-state index in [4.69, 9.17) is 4.74 Å². The number of nitrogens with one attached hydrogen (secondary N) is 1. The second kappa shape index (κ2) is 14.7. The average molecular weight is 580 g/mol. The molecule has 9 heteroatoms. The van der Waals surface area contributed by atoms with Crippen LogP contribution in [0.5, 0.6) is 5.75 Å². The van der Waals surface area contributed by atoms with Crippen LogP contribution in [0.15, 0.2) is 77.7 Å². The molecule has 0 unspecified atom stereocenters. The first kappa shape index (κ1) is 31.7. The number of rotatable bonds is 14. The molecule has 0 spiro atoms. The number of anilines is 1. The van der Waals surface area contributed by atoms with Crippen molar-refractivity contribution >= 4 is 27.5 Å². The van der Waals surface area contributed by atoms with Crippen LogP contribution in [0.2, 0.25) is 0 Å². The standard InChI is InChI=1S/C32H41N3O5S/c1-6-8-19-33-32(37)29(7-2)34(22-26-13-12-14-27(21-26)40-5)31(36)23-35(30-20-24(3)17-18-25(30)4)41(38,39)28-15-10-9-11-16-28/h9-18,20-21,29H,6-8,19,22-23H2,1-5H3,(H,33,37)/t29-/m1/s1. The summed E-state index contributed by atoms with van der Waals surface area (Å²) in [5, 5.41) is 2.95. The van der Waals surface area contributed by atoms with Gasteiger partial charge in [-0.15, -0.1) is 0 Å². The van der Waals surface area contributed by atoms with Crippen LogP contribution in [0.1, 0.15) is 49.8 Å². The van der Waals surface area contributed by atoms with E-state index in [0.29, 0.717) is 30.0 Å². The molecule has 3 rings (SSSR count). The number of benzene rings is 3. The summed E-state index contributed by atoms with van der Waals surface area (Å²) in [4.78, 5) is 29.1. The molecule has 0 heterocycles. The smallest absolute Gasteiger partial charge is 0.264 e. The molecule has 0 aromatic heterocycles. The maximum Gasteiger partial charge on any atom is 0.264 e. The van der Waals surface area contributed by atoms with E-state index in [1.165, 1.54) is 17.0 Å². The van der Waals surface area contributed by atoms with E-state index in [1.54, 1.807) is 37.4 Å². The molecule has 220 valence electrons. The van der Waals surface area contributed by atoms with Crippen molar-refractivity contribution in [1.29, 1.82) is 0 Å². The molecule has 3 aromatic carbocycles. The Bertz CT molecular complexity index is 1430. The van der Waals surface area contributed by atoms with E-state index in [0.717, 1.165) is 28.3 Å². The third kappa shape index (κ3) is 8.10. The molecule has 0 fully saturated rings. The predicted molar refractivity (Wildman–Crippen MR) is 162 cm³/mol. The fourth-order valence-corrected chi connectivity index (χ4v) is 6.11. The Hall–Kier alpha value is -3.85. The van der Waals surface area contributed by atoms with Crippen molar-refractivity contribution in [3.8, 4) is 5.75 Å². The minimum atomic E-state index is -4.11. The zero-order valence-corrected chi connectivity index (χ0v) is 25.4. The summed E-state index contributed by atoms with van der Waals surface area (Å²) in [5.41, 5.74) is 2.76. The molecule has 1 N–H and O–H groups in total. The van der Waals surface area contributed by atoms with E-state index in [-0.39, 0.29) is 17.3 Å². The monoisotopic (exact) mass is 579 g/mol. The summed E-state index contributed by atoms with van der Waals surface area (Å²) >= 11 is 0. The van der Waals surface area contributed by atoms with E-state index in [9.17, 15) is 18.0 Å². The van der Waals surface area contributed by atoms with Gasteiger partial charge in [0.1, 0.15) is 18.3 Å². The normalized spacial score (nSPS) is 11.9. The lowest BCUT2D eigenvalue weighted by atomic mass is 10.1. The first-order chi connectivity index (χ1) is 19.6. The predicted octanol–water partition coefficient (Wildman–Crippen LogP) is 5.23. The van der Waals surface area contributed by atoms with Gasteiger partial charge in [0.25, 0.3) is 10.0 Å². The number of hydrogen-bond donors (Lipinski definition) is 1. The number of methoxy groups -OCH3 is 1. The van der Waals surface area contributed by atoms with Crippen LogP contribution in [0.25, 0.3) is 0 Å². The lowest BCUT2D eigenvalue weighted by molar-refractivity contribution is -0.140. The van der Waals surface area contributed by atoms with Gasteiger partial charge in [0.05, 0.1) is 17.7 Å². The third-order valence-electron chi connectivity index (χ3n) is 6.95. The van der Waals surface area contributed by atoms with E-state index < -0.39 is 28.5 Å². The molecular formula is C32H41N3O5S. The van der Waals surface area contributed by atoms with Crippen LogP contribution in [0, 0.1) is 13.8 Å². The van der Waals surface area contributed by atoms with Gasteiger partial charge in [0.2, 0.25) is 11.8 Å². The molecule has 3 aromatic rings. The van der Waals surface area contributed by atoms with Crippen molar-refractivity contribution in [1.82, 2.24) is 10.2 Å². The third-order valence-corrected chi connectivity index (χ3v) is 8.72. The fourth-order valence-electron chi connectivity index (χ4n) is 4.61. The van der Waals surface area contributed by atoms with Crippen molar-refractivity contribution in [2.45, 2.75) is 64.4 Å². The number of aryl methyl sites for hydroxylation is 2. The molecule has 0 radical (unpaired) electrons. The molecule has 0 aliphatic rings. The highest BCUT2D eigenvalue weighted by Gasteiger charge is 2.34. The minimum absolute atomic E-state index is 0.0809. The number of sulfonamides is 1. The lowest BCUT2D eigenvalue weighted by Crippen LogP contribution is -2.52. The van der Waals surface area contributed by atoms with Crippen molar-refractivity contribution in [2.75, 3.05) is 24.5 Å². The number of carbonyl (C=O) groups excluding carboxylic acids is 2. The molecule has 8 nitrogen and oxygen atoms in total. The SMILES string of the molecule is CCCCNC(=O)[C@@H](CC)N(Cc1cccc(OC)c1)C(=O)CN(c1cc(C)ccc1C)S(=O)(=O)c1ccccc1. The summed E-state index contributed by atoms with van der Waals surface area (Å²) in [6.45, 7) is 7.73. The van der Waals surface area contributed by atoms with E-state index in [1.807, 2.05) is 58.0 Å². The first-order valence-electron chi connectivity index (χ1n) is 14.0. The molecule has 0 bridgehead atoms. The number of ether oxygens (including phenoxy) is 1. The lowest BCUT2D eigenvalue weighted by Gasteiger charge is -2.33. The Morgan fingerprint density at radius 3 is 2.34 bits per heavy atom. The van der Waals surface area contributed by atoms with Gasteiger partial charge < -0.3 is 15.0 Å². The van der Waals surface area contributed by atoms with Crippen LogP contribution >= 0.6 is 0 Å². The van der Waals surface area contributed by atoms with Gasteiger partial charge in [-0.2, -0.15) is 0 Å². The van der Waals surface area contributed by atoms with Gasteiger partial charge in [-0.05, 0) is 73.7 Å². The molecule has 0 saturated heterocycles. The van der Waals surface area contributed by atoms with Gasteiger partial charge in [0, 0.05) is 13.1 Å². The quantitative estimate of drug-likeness (QED) is 0.264. The topological polar surface area (TPSA) is 96.0 Å². The molecule has 0 aliphatic heterocycles. The van der Waals surface area contributed by atoms with Gasteiger partial charge in [-0.3, -0.25) is 13.9 Å². The average Bonchev–Trinajstić information content (AvgIpc) is 2.97. The van der Waals surface area contributed by atoms with Gasteiger partial charge in [-0.1, -0.05) is 62.7 Å². The largest absolute Gasteiger partial charge is 0.497 e. The highest BCUT2D eigenvalue weighted by Crippen LogP contribution is 2.29. The van der Waals surface area contributed by atoms with Crippen LogP contribution in [0.4, 0.5) is 5.69 Å². The van der Waals surface area contributed by atoms with E-state index >= 15 is 0 Å². The molecule has 41 heavy (non-hydrogen) atoms. The number of unbranched alkanes of at least 4 members (excludes halogenated alkanes) is 1. The zero-order chi connectivity index (χ0) is 30.0. The zero-order valence-electron chi connectivity index (χ0n) is 24.6. The minimum Gasteiger partial charge on any atom is -0.497 e. The highest BCUT2D eigenvalue weighted by molar-refractivity contribution is 7.92. The van der Waals surface area contributed by atoms with E-state index in [2.05, 4.69) is 5.32 Å². The van der Waals surface area contributed by atoms with Gasteiger partial charge in [-0.25, -0.2) is 8.42 Å². The van der Waals surface area contributed by atoms with Gasteiger partial charge >= 0.3 is 0 Å². The second-order valence-corrected chi connectivity index (χ2v) is 11.9. The molecular weight excluding hydrogens is 538 g/mol. The number of amides is 2. The van der Waals surface area contributed by atoms with Crippen molar-refractivity contribution < 1.29 is 22.7 Å². The Balaban J connectivity index is 2.07. The summed E-state index contributed by atoms with van der Waals surface area (Å²) in [6, 6.07) is 20.1. The molecule has 0 aliphatic carbocycles. The van der Waals surface area contributed by atoms with Crippen molar-refractivity contribution in [3.63, 3.8) is 0 Å². The molecule has 0 saturated carbocycles. The molecule has 2 amide bonds. The number of hydrogen-bond acceptors (Lipinski definition) is 5. The van der Waals surface area contributed by atoms with Gasteiger partial charge in [0.15, 0.2) is 0 Å². The molecule has 1 atom stereocenters. The summed E-state index contributed by atoms with van der Waals surface area (Å²) in [5.74, 6) is -0.119. The summed E-state index contributed by atoms with van der Waals surface area (Å²) in [6.07, 6.45) is 2.11. The summed E-state index contributed by atoms with van der Waals surface area (Å²) < 4.78 is 34.5.